The van der Waals surface area contributed by atoms with Crippen molar-refractivity contribution in [3.63, 3.8) is 0 Å². The summed E-state index contributed by atoms with van der Waals surface area (Å²) in [7, 11) is 0.981. The highest BCUT2D eigenvalue weighted by molar-refractivity contribution is 6.66. The molecule has 102 valence electrons. The Morgan fingerprint density at radius 2 is 1.53 bits per heavy atom. The molecule has 0 heterocycles. The van der Waals surface area contributed by atoms with E-state index >= 15 is 0 Å². The number of rotatable bonds is 6. The molecule has 17 heavy (non-hydrogen) atoms. The number of halogens is 3. The Bertz CT molecular complexity index is 253. The van der Waals surface area contributed by atoms with Gasteiger partial charge >= 0.3 is 15.0 Å². The van der Waals surface area contributed by atoms with Crippen molar-refractivity contribution in [3.05, 3.63) is 11.8 Å². The van der Waals surface area contributed by atoms with Gasteiger partial charge in [-0.15, -0.1) is 0 Å². The van der Waals surface area contributed by atoms with Gasteiger partial charge in [0.25, 0.3) is 0 Å². The van der Waals surface area contributed by atoms with Crippen LogP contribution in [0.5, 0.6) is 0 Å². The maximum Gasteiger partial charge on any atom is 0.528 e. The Labute approximate surface area is 99.4 Å². The zero-order chi connectivity index (χ0) is 13.7. The molecule has 0 saturated heterocycles. The molecule has 0 spiro atoms. The van der Waals surface area contributed by atoms with E-state index in [4.69, 9.17) is 13.3 Å². The summed E-state index contributed by atoms with van der Waals surface area (Å²) in [5.41, 5.74) is -1.48. The number of alkyl halides is 3. The Hall–Kier alpha value is -0.413. The first kappa shape index (κ1) is 16.6. The smallest absolute Gasteiger partial charge is 0.380 e. The highest BCUT2D eigenvalue weighted by atomic mass is 28.4. The minimum absolute atomic E-state index is 0.596. The SMILES string of the molecule is CO[Si](/C=C/CC(C)(O)C(F)(F)F)(OC)OC. The van der Waals surface area contributed by atoms with Gasteiger partial charge in [0.05, 0.1) is 0 Å². The molecule has 0 aromatic heterocycles. The van der Waals surface area contributed by atoms with Gasteiger partial charge in [-0.2, -0.15) is 13.2 Å². The van der Waals surface area contributed by atoms with Gasteiger partial charge in [0, 0.05) is 27.8 Å². The zero-order valence-electron chi connectivity index (χ0n) is 10.2. The van der Waals surface area contributed by atoms with Crippen LogP contribution in [0.1, 0.15) is 13.3 Å². The van der Waals surface area contributed by atoms with Crippen molar-refractivity contribution in [2.24, 2.45) is 0 Å². The summed E-state index contributed by atoms with van der Waals surface area (Å²) in [4.78, 5) is 0. The summed E-state index contributed by atoms with van der Waals surface area (Å²) in [6, 6.07) is 0. The quantitative estimate of drug-likeness (QED) is 0.748. The second kappa shape index (κ2) is 5.96. The van der Waals surface area contributed by atoms with Crippen LogP contribution in [0.25, 0.3) is 0 Å². The lowest BCUT2D eigenvalue weighted by Crippen LogP contribution is -2.43. The summed E-state index contributed by atoms with van der Waals surface area (Å²) in [6.45, 7) is 0.701. The first-order valence-corrected chi connectivity index (χ1v) is 6.56. The summed E-state index contributed by atoms with van der Waals surface area (Å²) in [5, 5.41) is 9.18. The number of aliphatic hydroxyl groups is 1. The van der Waals surface area contributed by atoms with E-state index in [-0.39, 0.29) is 0 Å². The van der Waals surface area contributed by atoms with Crippen LogP contribution < -0.4 is 0 Å². The van der Waals surface area contributed by atoms with Crippen molar-refractivity contribution in [1.29, 1.82) is 0 Å². The van der Waals surface area contributed by atoms with E-state index in [0.29, 0.717) is 6.92 Å². The van der Waals surface area contributed by atoms with Gasteiger partial charge in [-0.3, -0.25) is 0 Å². The number of hydrogen-bond acceptors (Lipinski definition) is 4. The van der Waals surface area contributed by atoms with E-state index in [2.05, 4.69) is 0 Å². The van der Waals surface area contributed by atoms with Crippen LogP contribution in [0, 0.1) is 0 Å². The van der Waals surface area contributed by atoms with E-state index < -0.39 is 27.0 Å². The predicted molar refractivity (Wildman–Crippen MR) is 57.2 cm³/mol. The average molecular weight is 274 g/mol. The van der Waals surface area contributed by atoms with E-state index in [1.165, 1.54) is 27.0 Å². The minimum Gasteiger partial charge on any atom is -0.380 e. The van der Waals surface area contributed by atoms with Crippen LogP contribution in [-0.2, 0) is 13.3 Å². The Balaban J connectivity index is 4.66. The third kappa shape index (κ3) is 4.40. The molecule has 0 amide bonds. The standard InChI is InChI=1S/C9H17F3O4Si/c1-8(13,9(10,11)12)6-5-7-17(14-2,15-3)16-4/h5,7,13H,6H2,1-4H3/b7-5+. The van der Waals surface area contributed by atoms with Gasteiger partial charge in [0.15, 0.2) is 5.60 Å². The monoisotopic (exact) mass is 274 g/mol. The first-order chi connectivity index (χ1) is 7.64. The van der Waals surface area contributed by atoms with Crippen LogP contribution >= 0.6 is 0 Å². The highest BCUT2D eigenvalue weighted by Crippen LogP contribution is 2.32. The van der Waals surface area contributed by atoms with E-state index in [0.717, 1.165) is 6.08 Å². The summed E-state index contributed by atoms with van der Waals surface area (Å²) in [5.74, 6) is 0. The van der Waals surface area contributed by atoms with E-state index in [1.807, 2.05) is 0 Å². The molecule has 1 atom stereocenters. The fraction of sp³-hybridized carbons (Fsp3) is 0.778. The van der Waals surface area contributed by atoms with Crippen molar-refractivity contribution in [3.8, 4) is 0 Å². The van der Waals surface area contributed by atoms with E-state index in [9.17, 15) is 18.3 Å². The van der Waals surface area contributed by atoms with Crippen molar-refractivity contribution in [1.82, 2.24) is 0 Å². The maximum atomic E-state index is 12.3. The van der Waals surface area contributed by atoms with Gasteiger partial charge in [0.2, 0.25) is 0 Å². The maximum absolute atomic E-state index is 12.3. The third-order valence-electron chi connectivity index (χ3n) is 2.30. The fourth-order valence-corrected chi connectivity index (χ4v) is 2.32. The van der Waals surface area contributed by atoms with Crippen LogP contribution in [0.3, 0.4) is 0 Å². The first-order valence-electron chi connectivity index (χ1n) is 4.76. The topological polar surface area (TPSA) is 47.9 Å². The molecule has 0 fully saturated rings. The molecule has 1 N–H and O–H groups in total. The summed E-state index contributed by atoms with van der Waals surface area (Å²) >= 11 is 0. The Morgan fingerprint density at radius 1 is 1.12 bits per heavy atom. The Kier molecular flexibility index (Phi) is 5.82. The van der Waals surface area contributed by atoms with Crippen molar-refractivity contribution in [2.45, 2.75) is 25.1 Å². The summed E-state index contributed by atoms with van der Waals surface area (Å²) in [6.07, 6.45) is -4.13. The molecule has 0 saturated carbocycles. The molecule has 0 aliphatic heterocycles. The molecule has 0 radical (unpaired) electrons. The van der Waals surface area contributed by atoms with Gasteiger partial charge in [-0.25, -0.2) is 0 Å². The average Bonchev–Trinajstić information content (AvgIpc) is 2.23. The molecule has 0 aromatic rings. The van der Waals surface area contributed by atoms with Gasteiger partial charge in [-0.1, -0.05) is 6.08 Å². The molecular formula is C9H17F3O4Si. The second-order valence-electron chi connectivity index (χ2n) is 3.59. The minimum atomic E-state index is -4.69. The molecule has 0 aromatic carbocycles. The predicted octanol–water partition coefficient (Wildman–Crippen LogP) is 1.66. The molecule has 4 nitrogen and oxygen atoms in total. The molecule has 0 rings (SSSR count). The lowest BCUT2D eigenvalue weighted by molar-refractivity contribution is -0.251. The normalized spacial score (nSPS) is 17.4. The van der Waals surface area contributed by atoms with Crippen molar-refractivity contribution in [2.75, 3.05) is 21.3 Å². The fourth-order valence-electron chi connectivity index (χ4n) is 1.00. The number of hydrogen-bond donors (Lipinski definition) is 1. The van der Waals surface area contributed by atoms with Crippen LogP contribution in [0.4, 0.5) is 13.2 Å². The zero-order valence-corrected chi connectivity index (χ0v) is 11.2. The molecule has 0 aliphatic carbocycles. The second-order valence-corrected chi connectivity index (χ2v) is 6.36. The molecule has 0 aliphatic rings. The largest absolute Gasteiger partial charge is 0.528 e. The summed E-state index contributed by atoms with van der Waals surface area (Å²) < 4.78 is 51.9. The molecule has 1 unspecified atom stereocenters. The molecular weight excluding hydrogens is 257 g/mol. The van der Waals surface area contributed by atoms with Crippen LogP contribution in [-0.4, -0.2) is 47.0 Å². The van der Waals surface area contributed by atoms with Crippen molar-refractivity contribution >= 4 is 8.80 Å². The third-order valence-corrected chi connectivity index (χ3v) is 4.65. The van der Waals surface area contributed by atoms with Gasteiger partial charge in [-0.05, 0) is 12.6 Å². The van der Waals surface area contributed by atoms with Crippen LogP contribution in [0.15, 0.2) is 11.8 Å². The molecule has 8 heteroatoms. The lowest BCUT2D eigenvalue weighted by Gasteiger charge is -2.25. The van der Waals surface area contributed by atoms with E-state index in [1.54, 1.807) is 0 Å². The Morgan fingerprint density at radius 3 is 1.82 bits per heavy atom. The lowest BCUT2D eigenvalue weighted by atomic mass is 10.0. The highest BCUT2D eigenvalue weighted by Gasteiger charge is 2.49. The van der Waals surface area contributed by atoms with Gasteiger partial charge < -0.3 is 18.4 Å². The molecule has 0 bridgehead atoms. The van der Waals surface area contributed by atoms with Crippen molar-refractivity contribution < 1.29 is 31.6 Å². The van der Waals surface area contributed by atoms with Gasteiger partial charge in [0.1, 0.15) is 0 Å². The van der Waals surface area contributed by atoms with Crippen LogP contribution in [0.2, 0.25) is 0 Å².